The Labute approximate surface area is 187 Å². The number of rotatable bonds is 3. The van der Waals surface area contributed by atoms with E-state index in [9.17, 15) is 19.1 Å². The molecule has 0 radical (unpaired) electrons. The number of aromatic carboxylic acids is 1. The van der Waals surface area contributed by atoms with E-state index in [-0.39, 0.29) is 62.3 Å². The number of anilines is 1. The molecule has 2 aromatic rings. The third-order valence-corrected chi connectivity index (χ3v) is 4.56. The standard InChI is InChI=1S/C17H20FN3O3.K/c1-3-20-10-12(17(23)24)16(22)11-8-13(18)15(9-14(11)20)21-6-4-19(2)5-7-21;/h8-10H,3-7H2,1-2H3,(H,23,24);/q;+1. The molecular formula is C17H20FKN3O3+. The van der Waals surface area contributed by atoms with Gasteiger partial charge >= 0.3 is 57.4 Å². The number of carboxylic acid groups (broad SMARTS) is 1. The fourth-order valence-electron chi connectivity index (χ4n) is 3.10. The van der Waals surface area contributed by atoms with Crippen LogP contribution in [0.1, 0.15) is 17.3 Å². The summed E-state index contributed by atoms with van der Waals surface area (Å²) < 4.78 is 16.3. The average molecular weight is 372 g/mol. The molecule has 0 saturated carbocycles. The normalized spacial score (nSPS) is 15.2. The summed E-state index contributed by atoms with van der Waals surface area (Å²) in [7, 11) is 2.02. The third kappa shape index (κ3) is 3.99. The number of benzene rings is 1. The maximum atomic E-state index is 14.6. The van der Waals surface area contributed by atoms with Crippen molar-refractivity contribution in [3.8, 4) is 0 Å². The van der Waals surface area contributed by atoms with E-state index in [1.54, 1.807) is 10.6 Å². The van der Waals surface area contributed by atoms with Gasteiger partial charge < -0.3 is 19.5 Å². The van der Waals surface area contributed by atoms with Gasteiger partial charge in [-0.25, -0.2) is 9.18 Å². The molecule has 0 atom stereocenters. The van der Waals surface area contributed by atoms with Crippen LogP contribution < -0.4 is 61.7 Å². The summed E-state index contributed by atoms with van der Waals surface area (Å²) in [5.41, 5.74) is 0.0326. The number of aromatic nitrogens is 1. The molecule has 0 spiro atoms. The Bertz CT molecular complexity index is 860. The van der Waals surface area contributed by atoms with E-state index in [1.165, 1.54) is 12.3 Å². The van der Waals surface area contributed by atoms with Gasteiger partial charge in [0.25, 0.3) is 0 Å². The predicted octanol–water partition coefficient (Wildman–Crippen LogP) is -1.39. The Morgan fingerprint density at radius 2 is 1.88 bits per heavy atom. The molecule has 1 saturated heterocycles. The first-order valence-electron chi connectivity index (χ1n) is 7.96. The number of nitrogens with zero attached hydrogens (tertiary/aromatic N) is 3. The van der Waals surface area contributed by atoms with Crippen LogP contribution in [0.5, 0.6) is 0 Å². The molecule has 1 aromatic heterocycles. The largest absolute Gasteiger partial charge is 1.00 e. The quantitative estimate of drug-likeness (QED) is 0.673. The number of pyridine rings is 1. The van der Waals surface area contributed by atoms with Gasteiger partial charge in [0.2, 0.25) is 5.43 Å². The second-order valence-electron chi connectivity index (χ2n) is 6.07. The van der Waals surface area contributed by atoms with Crippen molar-refractivity contribution in [2.75, 3.05) is 38.1 Å². The minimum absolute atomic E-state index is 0. The van der Waals surface area contributed by atoms with Gasteiger partial charge in [-0.05, 0) is 26.1 Å². The van der Waals surface area contributed by atoms with Crippen LogP contribution in [0.25, 0.3) is 10.9 Å². The Hall–Kier alpha value is -0.774. The molecule has 8 heteroatoms. The molecular weight excluding hydrogens is 352 g/mol. The predicted molar refractivity (Wildman–Crippen MR) is 90.5 cm³/mol. The van der Waals surface area contributed by atoms with E-state index in [0.29, 0.717) is 30.8 Å². The Morgan fingerprint density at radius 1 is 1.24 bits per heavy atom. The number of fused-ring (bicyclic) bond motifs is 1. The molecule has 0 unspecified atom stereocenters. The molecule has 25 heavy (non-hydrogen) atoms. The van der Waals surface area contributed by atoms with Gasteiger partial charge in [-0.2, -0.15) is 0 Å². The fourth-order valence-corrected chi connectivity index (χ4v) is 3.10. The van der Waals surface area contributed by atoms with E-state index < -0.39 is 17.2 Å². The van der Waals surface area contributed by atoms with Crippen LogP contribution in [0.15, 0.2) is 23.1 Å². The molecule has 128 valence electrons. The number of hydrogen-bond donors (Lipinski definition) is 1. The van der Waals surface area contributed by atoms with Crippen LogP contribution in [0.2, 0.25) is 0 Å². The first kappa shape index (κ1) is 20.5. The number of likely N-dealkylation sites (N-methyl/N-ethyl adjacent to an activating group) is 1. The summed E-state index contributed by atoms with van der Waals surface area (Å²) in [4.78, 5) is 27.7. The minimum Gasteiger partial charge on any atom is -0.477 e. The third-order valence-electron chi connectivity index (χ3n) is 4.56. The van der Waals surface area contributed by atoms with Crippen molar-refractivity contribution in [1.29, 1.82) is 0 Å². The maximum Gasteiger partial charge on any atom is 1.00 e. The molecule has 1 aromatic carbocycles. The molecule has 1 fully saturated rings. The number of hydrogen-bond acceptors (Lipinski definition) is 4. The summed E-state index contributed by atoms with van der Waals surface area (Å²) in [6.45, 7) is 5.45. The number of aryl methyl sites for hydroxylation is 1. The summed E-state index contributed by atoms with van der Waals surface area (Å²) in [5, 5.41) is 9.28. The van der Waals surface area contributed by atoms with Gasteiger partial charge in [0, 0.05) is 44.3 Å². The van der Waals surface area contributed by atoms with Crippen molar-refractivity contribution in [3.05, 3.63) is 39.9 Å². The summed E-state index contributed by atoms with van der Waals surface area (Å²) >= 11 is 0. The fraction of sp³-hybridized carbons (Fsp3) is 0.412. The second-order valence-corrected chi connectivity index (χ2v) is 6.07. The van der Waals surface area contributed by atoms with Crippen LogP contribution in [0.4, 0.5) is 10.1 Å². The van der Waals surface area contributed by atoms with Crippen LogP contribution in [-0.4, -0.2) is 53.8 Å². The van der Waals surface area contributed by atoms with Gasteiger partial charge in [0.15, 0.2) is 0 Å². The Kier molecular flexibility index (Phi) is 6.80. The molecule has 2 heterocycles. The zero-order chi connectivity index (χ0) is 17.4. The van der Waals surface area contributed by atoms with E-state index in [4.69, 9.17) is 0 Å². The number of piperazine rings is 1. The smallest absolute Gasteiger partial charge is 0.477 e. The van der Waals surface area contributed by atoms with Gasteiger partial charge in [0.1, 0.15) is 11.4 Å². The first-order chi connectivity index (χ1) is 11.4. The topological polar surface area (TPSA) is 65.8 Å². The SMILES string of the molecule is CCn1cc(C(=O)O)c(=O)c2cc(F)c(N3CCN(C)CC3)cc21.[K+]. The van der Waals surface area contributed by atoms with Crippen LogP contribution in [-0.2, 0) is 6.54 Å². The zero-order valence-electron chi connectivity index (χ0n) is 14.8. The van der Waals surface area contributed by atoms with Crippen LogP contribution in [0.3, 0.4) is 0 Å². The summed E-state index contributed by atoms with van der Waals surface area (Å²) in [5.74, 6) is -1.79. The van der Waals surface area contributed by atoms with Crippen molar-refractivity contribution >= 4 is 22.6 Å². The molecule has 0 aliphatic carbocycles. The van der Waals surface area contributed by atoms with Crippen molar-refractivity contribution in [3.63, 3.8) is 0 Å². The van der Waals surface area contributed by atoms with E-state index in [2.05, 4.69) is 4.90 Å². The van der Waals surface area contributed by atoms with E-state index in [0.717, 1.165) is 13.1 Å². The van der Waals surface area contributed by atoms with Crippen molar-refractivity contribution in [2.45, 2.75) is 13.5 Å². The maximum absolute atomic E-state index is 14.6. The van der Waals surface area contributed by atoms with Crippen LogP contribution in [0, 0.1) is 5.82 Å². The Morgan fingerprint density at radius 3 is 2.44 bits per heavy atom. The van der Waals surface area contributed by atoms with E-state index in [1.807, 2.05) is 18.9 Å². The molecule has 1 aliphatic heterocycles. The van der Waals surface area contributed by atoms with Gasteiger partial charge in [-0.3, -0.25) is 4.79 Å². The monoisotopic (exact) mass is 372 g/mol. The number of halogens is 1. The summed E-state index contributed by atoms with van der Waals surface area (Å²) in [6, 6.07) is 2.83. The molecule has 1 aliphatic rings. The Balaban J connectivity index is 0.00000225. The first-order valence-corrected chi connectivity index (χ1v) is 7.96. The molecule has 3 rings (SSSR count). The molecule has 0 amide bonds. The molecule has 1 N–H and O–H groups in total. The number of carbonyl (C=O) groups is 1. The number of carboxylic acids is 1. The van der Waals surface area contributed by atoms with Crippen molar-refractivity contribution in [1.82, 2.24) is 9.47 Å². The minimum atomic E-state index is -1.30. The van der Waals surface area contributed by atoms with E-state index >= 15 is 0 Å². The van der Waals surface area contributed by atoms with Gasteiger partial charge in [0.05, 0.1) is 11.2 Å². The summed E-state index contributed by atoms with van der Waals surface area (Å²) in [6.07, 6.45) is 1.33. The van der Waals surface area contributed by atoms with Crippen molar-refractivity contribution < 1.29 is 65.7 Å². The zero-order valence-corrected chi connectivity index (χ0v) is 17.9. The molecule has 6 nitrogen and oxygen atoms in total. The average Bonchev–Trinajstić information content (AvgIpc) is 2.56. The van der Waals surface area contributed by atoms with Gasteiger partial charge in [-0.1, -0.05) is 0 Å². The molecule has 0 bridgehead atoms. The van der Waals surface area contributed by atoms with Crippen molar-refractivity contribution in [2.24, 2.45) is 0 Å². The van der Waals surface area contributed by atoms with Gasteiger partial charge in [-0.15, -0.1) is 0 Å². The van der Waals surface area contributed by atoms with Crippen LogP contribution >= 0.6 is 0 Å². The second kappa shape index (κ2) is 8.28.